The Kier molecular flexibility index (Phi) is 2.43. The van der Waals surface area contributed by atoms with E-state index in [2.05, 4.69) is 48.7 Å². The Bertz CT molecular complexity index is 854. The normalized spacial score (nSPS) is 17.8. The molecular weight excluding hydrogens is 246 g/mol. The van der Waals surface area contributed by atoms with Crippen LogP contribution in [-0.2, 0) is 0 Å². The summed E-state index contributed by atoms with van der Waals surface area (Å²) >= 11 is 0. The van der Waals surface area contributed by atoms with Crippen LogP contribution in [0.4, 0.5) is 0 Å². The van der Waals surface area contributed by atoms with Crippen LogP contribution >= 0.6 is 0 Å². The van der Waals surface area contributed by atoms with Crippen LogP contribution in [0.3, 0.4) is 0 Å². The van der Waals surface area contributed by atoms with Crippen LogP contribution in [0.5, 0.6) is 0 Å². The Labute approximate surface area is 117 Å². The van der Waals surface area contributed by atoms with Crippen molar-refractivity contribution >= 4 is 21.9 Å². The van der Waals surface area contributed by atoms with Gasteiger partial charge in [0.25, 0.3) is 0 Å². The molecule has 0 saturated heterocycles. The summed E-state index contributed by atoms with van der Waals surface area (Å²) < 4.78 is 6.12. The van der Waals surface area contributed by atoms with E-state index in [9.17, 15) is 0 Å². The van der Waals surface area contributed by atoms with E-state index in [0.717, 1.165) is 11.2 Å². The van der Waals surface area contributed by atoms with Crippen LogP contribution in [0.15, 0.2) is 65.2 Å². The fourth-order valence-electron chi connectivity index (χ4n) is 2.92. The zero-order valence-electron chi connectivity index (χ0n) is 11.3. The van der Waals surface area contributed by atoms with Crippen molar-refractivity contribution < 1.29 is 4.42 Å². The molecule has 2 heteroatoms. The number of furan rings is 1. The highest BCUT2D eigenvalue weighted by atomic mass is 16.3. The van der Waals surface area contributed by atoms with Crippen molar-refractivity contribution in [1.29, 1.82) is 0 Å². The second-order valence-corrected chi connectivity index (χ2v) is 5.16. The molecule has 0 amide bonds. The third-order valence-corrected chi connectivity index (χ3v) is 3.90. The SMILES string of the molecule is Cc1ccc2c(oc3ccccc32)c1C1C=CC=CN1. The fourth-order valence-corrected chi connectivity index (χ4v) is 2.92. The second kappa shape index (κ2) is 4.27. The zero-order chi connectivity index (χ0) is 13.5. The summed E-state index contributed by atoms with van der Waals surface area (Å²) in [5.41, 5.74) is 4.40. The first-order valence-electron chi connectivity index (χ1n) is 6.85. The number of benzene rings is 2. The third-order valence-electron chi connectivity index (χ3n) is 3.90. The Morgan fingerprint density at radius 2 is 1.90 bits per heavy atom. The van der Waals surface area contributed by atoms with Crippen LogP contribution in [0.2, 0.25) is 0 Å². The van der Waals surface area contributed by atoms with E-state index in [-0.39, 0.29) is 6.04 Å². The van der Waals surface area contributed by atoms with Crippen molar-refractivity contribution in [3.05, 3.63) is 72.0 Å². The summed E-state index contributed by atoms with van der Waals surface area (Å²) in [4.78, 5) is 0. The summed E-state index contributed by atoms with van der Waals surface area (Å²) in [6.45, 7) is 2.13. The highest BCUT2D eigenvalue weighted by molar-refractivity contribution is 6.06. The topological polar surface area (TPSA) is 25.2 Å². The highest BCUT2D eigenvalue weighted by Crippen LogP contribution is 2.35. The zero-order valence-corrected chi connectivity index (χ0v) is 11.3. The Hall–Kier alpha value is -2.48. The molecule has 20 heavy (non-hydrogen) atoms. The van der Waals surface area contributed by atoms with Crippen LogP contribution < -0.4 is 5.32 Å². The molecule has 0 fully saturated rings. The van der Waals surface area contributed by atoms with Gasteiger partial charge in [-0.2, -0.15) is 0 Å². The molecule has 1 atom stereocenters. The summed E-state index contributed by atoms with van der Waals surface area (Å²) in [5, 5.41) is 5.75. The number of allylic oxidation sites excluding steroid dienone is 2. The lowest BCUT2D eigenvalue weighted by Gasteiger charge is -2.18. The smallest absolute Gasteiger partial charge is 0.141 e. The molecule has 0 spiro atoms. The molecule has 0 bridgehead atoms. The van der Waals surface area contributed by atoms with Crippen molar-refractivity contribution in [3.63, 3.8) is 0 Å². The summed E-state index contributed by atoms with van der Waals surface area (Å²) in [5.74, 6) is 0. The van der Waals surface area contributed by atoms with Gasteiger partial charge in [-0.1, -0.05) is 42.5 Å². The predicted octanol–water partition coefficient (Wildman–Crippen LogP) is 4.61. The largest absolute Gasteiger partial charge is 0.456 e. The Morgan fingerprint density at radius 3 is 2.75 bits per heavy atom. The van der Waals surface area contributed by atoms with Gasteiger partial charge in [0.1, 0.15) is 11.2 Å². The van der Waals surface area contributed by atoms with Crippen molar-refractivity contribution in [2.24, 2.45) is 0 Å². The van der Waals surface area contributed by atoms with Crippen LogP contribution in [0.1, 0.15) is 17.2 Å². The second-order valence-electron chi connectivity index (χ2n) is 5.16. The first-order chi connectivity index (χ1) is 9.84. The Morgan fingerprint density at radius 1 is 1.00 bits per heavy atom. The lowest BCUT2D eigenvalue weighted by atomic mass is 9.97. The van der Waals surface area contributed by atoms with Gasteiger partial charge in [-0.3, -0.25) is 0 Å². The minimum atomic E-state index is 0.171. The van der Waals surface area contributed by atoms with Crippen LogP contribution in [0.25, 0.3) is 21.9 Å². The van der Waals surface area contributed by atoms with Gasteiger partial charge in [-0.15, -0.1) is 0 Å². The Balaban J connectivity index is 2.05. The molecule has 98 valence electrons. The molecule has 1 aliphatic heterocycles. The summed E-state index contributed by atoms with van der Waals surface area (Å²) in [6.07, 6.45) is 8.22. The summed E-state index contributed by atoms with van der Waals surface area (Å²) in [6, 6.07) is 12.7. The van der Waals surface area contributed by atoms with Crippen LogP contribution in [0, 0.1) is 6.92 Å². The monoisotopic (exact) mass is 261 g/mol. The van der Waals surface area contributed by atoms with E-state index in [4.69, 9.17) is 4.42 Å². The van der Waals surface area contributed by atoms with E-state index in [1.165, 1.54) is 21.9 Å². The molecule has 1 aromatic heterocycles. The van der Waals surface area contributed by atoms with Crippen molar-refractivity contribution in [2.75, 3.05) is 0 Å². The molecule has 2 aromatic carbocycles. The van der Waals surface area contributed by atoms with Gasteiger partial charge in [-0.25, -0.2) is 0 Å². The molecule has 0 saturated carbocycles. The molecule has 1 aliphatic rings. The number of para-hydroxylation sites is 1. The lowest BCUT2D eigenvalue weighted by Crippen LogP contribution is -2.16. The number of rotatable bonds is 1. The molecule has 1 N–H and O–H groups in total. The molecule has 0 radical (unpaired) electrons. The van der Waals surface area contributed by atoms with Gasteiger partial charge in [0, 0.05) is 16.3 Å². The first kappa shape index (κ1) is 11.4. The molecule has 2 heterocycles. The van der Waals surface area contributed by atoms with E-state index in [0.29, 0.717) is 0 Å². The van der Waals surface area contributed by atoms with Gasteiger partial charge in [0.2, 0.25) is 0 Å². The third kappa shape index (κ3) is 1.58. The van der Waals surface area contributed by atoms with Gasteiger partial charge >= 0.3 is 0 Å². The molecule has 4 rings (SSSR count). The first-order valence-corrected chi connectivity index (χ1v) is 6.85. The van der Waals surface area contributed by atoms with E-state index < -0.39 is 0 Å². The highest BCUT2D eigenvalue weighted by Gasteiger charge is 2.18. The van der Waals surface area contributed by atoms with Gasteiger partial charge < -0.3 is 9.73 Å². The van der Waals surface area contributed by atoms with E-state index >= 15 is 0 Å². The minimum absolute atomic E-state index is 0.171. The minimum Gasteiger partial charge on any atom is -0.456 e. The number of nitrogens with one attached hydrogen (secondary N) is 1. The van der Waals surface area contributed by atoms with Gasteiger partial charge in [0.05, 0.1) is 6.04 Å². The molecule has 0 aliphatic carbocycles. The molecule has 3 aromatic rings. The maximum absolute atomic E-state index is 6.12. The maximum Gasteiger partial charge on any atom is 0.141 e. The number of hydrogen-bond donors (Lipinski definition) is 1. The van der Waals surface area contributed by atoms with Gasteiger partial charge in [0.15, 0.2) is 0 Å². The number of dihydropyridines is 1. The number of hydrogen-bond acceptors (Lipinski definition) is 2. The molecule has 1 unspecified atom stereocenters. The van der Waals surface area contributed by atoms with Crippen LogP contribution in [-0.4, -0.2) is 0 Å². The lowest BCUT2D eigenvalue weighted by molar-refractivity contribution is 0.647. The summed E-state index contributed by atoms with van der Waals surface area (Å²) in [7, 11) is 0. The quantitative estimate of drug-likeness (QED) is 0.692. The predicted molar refractivity (Wildman–Crippen MR) is 82.6 cm³/mol. The van der Waals surface area contributed by atoms with Gasteiger partial charge in [-0.05, 0) is 30.8 Å². The van der Waals surface area contributed by atoms with Crippen molar-refractivity contribution in [2.45, 2.75) is 13.0 Å². The number of aryl methyl sites for hydroxylation is 1. The number of fused-ring (bicyclic) bond motifs is 3. The van der Waals surface area contributed by atoms with Crippen molar-refractivity contribution in [3.8, 4) is 0 Å². The average Bonchev–Trinajstić information content (AvgIpc) is 2.86. The fraction of sp³-hybridized carbons (Fsp3) is 0.111. The van der Waals surface area contributed by atoms with E-state index in [1.807, 2.05) is 24.4 Å². The maximum atomic E-state index is 6.12. The average molecular weight is 261 g/mol. The molecular formula is C18H15NO. The molecule has 2 nitrogen and oxygen atoms in total. The van der Waals surface area contributed by atoms with E-state index in [1.54, 1.807) is 0 Å². The standard InChI is InChI=1S/C18H15NO/c1-12-9-10-14-13-6-2-3-8-16(13)20-18(14)17(12)15-7-4-5-11-19-15/h2-11,15,19H,1H3. The van der Waals surface area contributed by atoms with Crippen molar-refractivity contribution in [1.82, 2.24) is 5.32 Å².